The van der Waals surface area contributed by atoms with Gasteiger partial charge in [0.15, 0.2) is 0 Å². The zero-order valence-electron chi connectivity index (χ0n) is 9.52. The van der Waals surface area contributed by atoms with Gasteiger partial charge in [0.1, 0.15) is 0 Å². The van der Waals surface area contributed by atoms with E-state index in [1.165, 1.54) is 6.07 Å². The molecule has 5 nitrogen and oxygen atoms in total. The van der Waals surface area contributed by atoms with Crippen LogP contribution in [0.2, 0.25) is 0 Å². The van der Waals surface area contributed by atoms with Crippen molar-refractivity contribution in [3.63, 3.8) is 0 Å². The zero-order valence-corrected chi connectivity index (χ0v) is 9.52. The molecule has 1 aromatic carbocycles. The molecule has 5 heteroatoms. The summed E-state index contributed by atoms with van der Waals surface area (Å²) in [7, 11) is 1.76. The minimum absolute atomic E-state index is 0.136. The van der Waals surface area contributed by atoms with E-state index in [0.717, 1.165) is 0 Å². The lowest BCUT2D eigenvalue weighted by atomic mass is 10.0. The average Bonchev–Trinajstić information content (AvgIpc) is 2.51. The van der Waals surface area contributed by atoms with Crippen LogP contribution in [0, 0.1) is 6.92 Å². The van der Waals surface area contributed by atoms with Gasteiger partial charge in [0.2, 0.25) is 5.91 Å². The van der Waals surface area contributed by atoms with Gasteiger partial charge in [-0.25, -0.2) is 4.79 Å². The van der Waals surface area contributed by atoms with Crippen molar-refractivity contribution >= 4 is 22.8 Å². The molecule has 0 radical (unpaired) electrons. The van der Waals surface area contributed by atoms with Crippen LogP contribution in [0.3, 0.4) is 0 Å². The quantitative estimate of drug-likeness (QED) is 0.817. The van der Waals surface area contributed by atoms with E-state index in [-0.39, 0.29) is 11.1 Å². The Morgan fingerprint density at radius 2 is 2.00 bits per heavy atom. The van der Waals surface area contributed by atoms with E-state index in [1.54, 1.807) is 30.7 Å². The summed E-state index contributed by atoms with van der Waals surface area (Å²) in [5.74, 6) is -1.68. The Hall–Kier alpha value is -2.30. The molecule has 0 atom stereocenters. The summed E-state index contributed by atoms with van der Waals surface area (Å²) in [6.45, 7) is 1.70. The number of nitrogens with zero attached hydrogens (tertiary/aromatic N) is 1. The van der Waals surface area contributed by atoms with Crippen LogP contribution in [0.15, 0.2) is 18.2 Å². The molecular formula is C12H12N2O3. The number of carboxylic acid groups (broad SMARTS) is 1. The Morgan fingerprint density at radius 3 is 2.53 bits per heavy atom. The first-order valence-corrected chi connectivity index (χ1v) is 5.06. The minimum atomic E-state index is -1.05. The topological polar surface area (TPSA) is 85.3 Å². The van der Waals surface area contributed by atoms with Crippen LogP contribution in [0.25, 0.3) is 10.9 Å². The van der Waals surface area contributed by atoms with E-state index >= 15 is 0 Å². The van der Waals surface area contributed by atoms with E-state index in [4.69, 9.17) is 5.73 Å². The maximum Gasteiger partial charge on any atom is 0.338 e. The lowest BCUT2D eigenvalue weighted by Gasteiger charge is -2.00. The summed E-state index contributed by atoms with van der Waals surface area (Å²) in [5, 5.41) is 9.63. The van der Waals surface area contributed by atoms with Gasteiger partial charge in [-0.15, -0.1) is 0 Å². The Morgan fingerprint density at radius 1 is 1.35 bits per heavy atom. The molecule has 0 aliphatic carbocycles. The van der Waals surface area contributed by atoms with Crippen molar-refractivity contribution in [2.75, 3.05) is 0 Å². The number of aryl methyl sites for hydroxylation is 1. The van der Waals surface area contributed by atoms with Crippen molar-refractivity contribution in [1.29, 1.82) is 0 Å². The van der Waals surface area contributed by atoms with Gasteiger partial charge in [-0.2, -0.15) is 0 Å². The molecule has 0 aliphatic rings. The molecule has 0 saturated carbocycles. The number of hydrogen-bond acceptors (Lipinski definition) is 2. The third kappa shape index (κ3) is 1.47. The normalized spacial score (nSPS) is 10.7. The molecule has 0 saturated heterocycles. The molecular weight excluding hydrogens is 220 g/mol. The lowest BCUT2D eigenvalue weighted by Crippen LogP contribution is -2.12. The average molecular weight is 232 g/mol. The second kappa shape index (κ2) is 3.62. The number of rotatable bonds is 2. The van der Waals surface area contributed by atoms with Gasteiger partial charge in [0, 0.05) is 29.2 Å². The summed E-state index contributed by atoms with van der Waals surface area (Å²) in [6.07, 6.45) is 0. The number of carbonyl (C=O) groups excluding carboxylic acids is 1. The van der Waals surface area contributed by atoms with Gasteiger partial charge >= 0.3 is 5.97 Å². The third-order valence-electron chi connectivity index (χ3n) is 3.00. The highest BCUT2D eigenvalue weighted by Crippen LogP contribution is 2.27. The Labute approximate surface area is 97.4 Å². The van der Waals surface area contributed by atoms with Crippen molar-refractivity contribution in [1.82, 2.24) is 4.57 Å². The number of primary amides is 1. The predicted molar refractivity (Wildman–Crippen MR) is 63.1 cm³/mol. The predicted octanol–water partition coefficient (Wildman–Crippen LogP) is 1.28. The lowest BCUT2D eigenvalue weighted by molar-refractivity contribution is 0.0698. The van der Waals surface area contributed by atoms with Crippen LogP contribution >= 0.6 is 0 Å². The maximum absolute atomic E-state index is 11.3. The molecule has 2 aromatic rings. The van der Waals surface area contributed by atoms with Gasteiger partial charge in [-0.3, -0.25) is 4.79 Å². The molecule has 1 aromatic heterocycles. The van der Waals surface area contributed by atoms with Crippen LogP contribution in [-0.4, -0.2) is 21.6 Å². The van der Waals surface area contributed by atoms with E-state index in [2.05, 4.69) is 0 Å². The fourth-order valence-electron chi connectivity index (χ4n) is 2.08. The second-order valence-electron chi connectivity index (χ2n) is 3.89. The number of nitrogens with two attached hydrogens (primary N) is 1. The number of benzene rings is 1. The molecule has 0 aliphatic heterocycles. The van der Waals surface area contributed by atoms with E-state index in [0.29, 0.717) is 16.6 Å². The van der Waals surface area contributed by atoms with E-state index < -0.39 is 11.9 Å². The van der Waals surface area contributed by atoms with Crippen LogP contribution in [0.5, 0.6) is 0 Å². The van der Waals surface area contributed by atoms with Crippen molar-refractivity contribution in [2.24, 2.45) is 12.8 Å². The molecule has 1 amide bonds. The molecule has 0 spiro atoms. The fraction of sp³-hybridized carbons (Fsp3) is 0.167. The minimum Gasteiger partial charge on any atom is -0.478 e. The number of fused-ring (bicyclic) bond motifs is 1. The molecule has 17 heavy (non-hydrogen) atoms. The van der Waals surface area contributed by atoms with Crippen molar-refractivity contribution in [3.8, 4) is 0 Å². The Balaban J connectivity index is 3.02. The summed E-state index contributed by atoms with van der Waals surface area (Å²) >= 11 is 0. The number of aromatic carboxylic acids is 1. The highest BCUT2D eigenvalue weighted by Gasteiger charge is 2.21. The molecule has 3 N–H and O–H groups in total. The highest BCUT2D eigenvalue weighted by atomic mass is 16.4. The van der Waals surface area contributed by atoms with Gasteiger partial charge < -0.3 is 15.4 Å². The maximum atomic E-state index is 11.3. The largest absolute Gasteiger partial charge is 0.478 e. The summed E-state index contributed by atoms with van der Waals surface area (Å²) < 4.78 is 1.74. The Kier molecular flexibility index (Phi) is 2.38. The monoisotopic (exact) mass is 232 g/mol. The van der Waals surface area contributed by atoms with Crippen LogP contribution in [0.4, 0.5) is 0 Å². The molecule has 2 rings (SSSR count). The standard InChI is InChI=1S/C12H12N2O3/c1-6-9(12(16)17)10-7(11(13)15)4-3-5-8(10)14(6)2/h3-5H,1-2H3,(H2,13,15)(H,16,17). The highest BCUT2D eigenvalue weighted by molar-refractivity contribution is 6.14. The molecule has 0 fully saturated rings. The van der Waals surface area contributed by atoms with Gasteiger partial charge in [-0.1, -0.05) is 6.07 Å². The first-order chi connectivity index (χ1) is 7.95. The van der Waals surface area contributed by atoms with E-state index in [9.17, 15) is 14.7 Å². The summed E-state index contributed by atoms with van der Waals surface area (Å²) in [5.41, 5.74) is 6.93. The Bertz CT molecular complexity index is 641. The van der Waals surface area contributed by atoms with Gasteiger partial charge in [0.05, 0.1) is 5.56 Å². The molecule has 0 unspecified atom stereocenters. The molecule has 88 valence electrons. The number of carboxylic acids is 1. The van der Waals surface area contributed by atoms with Crippen LogP contribution in [-0.2, 0) is 7.05 Å². The first-order valence-electron chi connectivity index (χ1n) is 5.06. The smallest absolute Gasteiger partial charge is 0.338 e. The third-order valence-corrected chi connectivity index (χ3v) is 3.00. The number of hydrogen-bond donors (Lipinski definition) is 2. The summed E-state index contributed by atoms with van der Waals surface area (Å²) in [4.78, 5) is 22.6. The second-order valence-corrected chi connectivity index (χ2v) is 3.89. The van der Waals surface area contributed by atoms with Gasteiger partial charge in [-0.05, 0) is 19.1 Å². The first kappa shape index (κ1) is 11.2. The van der Waals surface area contributed by atoms with E-state index in [1.807, 2.05) is 0 Å². The van der Waals surface area contributed by atoms with Crippen LogP contribution in [0.1, 0.15) is 26.4 Å². The number of amides is 1. The van der Waals surface area contributed by atoms with Gasteiger partial charge in [0.25, 0.3) is 0 Å². The van der Waals surface area contributed by atoms with Crippen molar-refractivity contribution in [3.05, 3.63) is 35.0 Å². The summed E-state index contributed by atoms with van der Waals surface area (Å²) in [6, 6.07) is 4.99. The molecule has 0 bridgehead atoms. The number of aromatic nitrogens is 1. The zero-order chi connectivity index (χ0) is 12.7. The molecule has 1 heterocycles. The SMILES string of the molecule is Cc1c(C(=O)O)c2c(C(N)=O)cccc2n1C. The number of carbonyl (C=O) groups is 2. The van der Waals surface area contributed by atoms with Crippen LogP contribution < -0.4 is 5.73 Å². The van der Waals surface area contributed by atoms with Crippen molar-refractivity contribution < 1.29 is 14.7 Å². The van der Waals surface area contributed by atoms with Crippen molar-refractivity contribution in [2.45, 2.75) is 6.92 Å². The fourth-order valence-corrected chi connectivity index (χ4v) is 2.08.